The normalized spacial score (nSPS) is 22.4. The largest absolute Gasteiger partial charge is 0.119 e. The Morgan fingerprint density at radius 1 is 1.13 bits per heavy atom. The molecule has 1 rings (SSSR count). The first kappa shape index (κ1) is 13.5. The van der Waals surface area contributed by atoms with Gasteiger partial charge in [-0.25, -0.2) is 0 Å². The summed E-state index contributed by atoms with van der Waals surface area (Å²) in [6.45, 7) is 9.55. The van der Waals surface area contributed by atoms with Crippen molar-refractivity contribution in [3.63, 3.8) is 0 Å². The molecule has 1 aliphatic rings. The highest BCUT2D eigenvalue weighted by Gasteiger charge is 2.18. The van der Waals surface area contributed by atoms with E-state index in [9.17, 15) is 0 Å². The molecule has 1 heteroatoms. The van der Waals surface area contributed by atoms with Gasteiger partial charge in [0.2, 0.25) is 0 Å². The zero-order chi connectivity index (χ0) is 11.3. The van der Waals surface area contributed by atoms with Gasteiger partial charge in [-0.1, -0.05) is 47.0 Å². The molecule has 0 nitrogen and oxygen atoms in total. The van der Waals surface area contributed by atoms with Gasteiger partial charge < -0.3 is 0 Å². The third-order valence-corrected chi connectivity index (χ3v) is 5.41. The Labute approximate surface area is 98.4 Å². The fraction of sp³-hybridized carbons (Fsp3) is 1.00. The van der Waals surface area contributed by atoms with Gasteiger partial charge in [-0.05, 0) is 42.4 Å². The summed E-state index contributed by atoms with van der Waals surface area (Å²) in [5, 5.41) is 0. The van der Waals surface area contributed by atoms with Gasteiger partial charge >= 0.3 is 0 Å². The molecule has 1 fully saturated rings. The average Bonchev–Trinajstić information content (AvgIpc) is 2.14. The summed E-state index contributed by atoms with van der Waals surface area (Å²) in [4.78, 5) is 0. The first-order chi connectivity index (χ1) is 6.97. The highest BCUT2D eigenvalue weighted by Crippen LogP contribution is 2.36. The molecule has 0 aromatic rings. The number of hydrogen-bond donors (Lipinski definition) is 0. The van der Waals surface area contributed by atoms with Gasteiger partial charge in [0.05, 0.1) is 0 Å². The molecule has 1 saturated carbocycles. The average molecular weight is 228 g/mol. The lowest BCUT2D eigenvalue weighted by Crippen LogP contribution is -2.14. The molecule has 0 heterocycles. The second kappa shape index (κ2) is 6.24. The Balaban J connectivity index is 2.12. The van der Waals surface area contributed by atoms with Gasteiger partial charge in [0, 0.05) is 0 Å². The van der Waals surface area contributed by atoms with Crippen molar-refractivity contribution in [3.8, 4) is 0 Å². The lowest BCUT2D eigenvalue weighted by molar-refractivity contribution is 0.322. The van der Waals surface area contributed by atoms with Crippen LogP contribution in [0.1, 0.15) is 66.2 Å². The minimum Gasteiger partial charge on any atom is -0.119 e. The van der Waals surface area contributed by atoms with Crippen molar-refractivity contribution in [2.75, 3.05) is 6.16 Å². The quantitative estimate of drug-likeness (QED) is 0.589. The molecule has 2 unspecified atom stereocenters. The summed E-state index contributed by atoms with van der Waals surface area (Å²) in [5.74, 6) is 0.935. The van der Waals surface area contributed by atoms with E-state index in [4.69, 9.17) is 0 Å². The topological polar surface area (TPSA) is 0 Å². The Hall–Kier alpha value is 0.430. The van der Waals surface area contributed by atoms with E-state index in [1.807, 2.05) is 0 Å². The molecule has 1 aliphatic carbocycles. The highest BCUT2D eigenvalue weighted by molar-refractivity contribution is 7.38. The van der Waals surface area contributed by atoms with Crippen LogP contribution < -0.4 is 0 Å². The van der Waals surface area contributed by atoms with Crippen LogP contribution in [0.5, 0.6) is 0 Å². The summed E-state index contributed by atoms with van der Waals surface area (Å²) in [6.07, 6.45) is 10.4. The van der Waals surface area contributed by atoms with Crippen molar-refractivity contribution < 1.29 is 0 Å². The first-order valence-corrected chi connectivity index (χ1v) is 7.99. The minimum absolute atomic E-state index is 0.524. The van der Waals surface area contributed by atoms with Crippen LogP contribution in [0.3, 0.4) is 0 Å². The Bertz CT molecular complexity index is 163. The zero-order valence-corrected chi connectivity index (χ0v) is 12.1. The van der Waals surface area contributed by atoms with Gasteiger partial charge in [-0.15, -0.1) is 8.58 Å². The molecule has 0 spiro atoms. The molecule has 2 atom stereocenters. The molecular weight excluding hydrogens is 199 g/mol. The van der Waals surface area contributed by atoms with Crippen LogP contribution in [0.15, 0.2) is 0 Å². The van der Waals surface area contributed by atoms with E-state index in [0.717, 1.165) is 11.6 Å². The molecule has 0 amide bonds. The van der Waals surface area contributed by atoms with Crippen molar-refractivity contribution in [2.45, 2.75) is 71.9 Å². The molecule has 0 saturated heterocycles. The van der Waals surface area contributed by atoms with E-state index in [1.165, 1.54) is 53.3 Å². The fourth-order valence-corrected chi connectivity index (χ4v) is 4.49. The van der Waals surface area contributed by atoms with Crippen LogP contribution in [0, 0.1) is 11.3 Å². The molecule has 0 N–H and O–H groups in total. The van der Waals surface area contributed by atoms with Crippen LogP contribution in [0.4, 0.5) is 0 Å². The molecule has 0 bridgehead atoms. The van der Waals surface area contributed by atoms with Crippen molar-refractivity contribution in [1.29, 1.82) is 0 Å². The minimum atomic E-state index is 0.524. The molecule has 0 aromatic carbocycles. The van der Waals surface area contributed by atoms with E-state index in [-0.39, 0.29) is 0 Å². The van der Waals surface area contributed by atoms with Crippen LogP contribution in [0.25, 0.3) is 0 Å². The predicted octanol–water partition coefficient (Wildman–Crippen LogP) is 5.07. The monoisotopic (exact) mass is 228 g/mol. The summed E-state index contributed by atoms with van der Waals surface area (Å²) in [5.41, 5.74) is 1.62. The lowest BCUT2D eigenvalue weighted by Gasteiger charge is -2.26. The predicted molar refractivity (Wildman–Crippen MR) is 73.3 cm³/mol. The van der Waals surface area contributed by atoms with Crippen molar-refractivity contribution in [2.24, 2.45) is 11.3 Å². The van der Waals surface area contributed by atoms with Gasteiger partial charge in [-0.2, -0.15) is 0 Å². The lowest BCUT2D eigenvalue weighted by atomic mass is 9.86. The van der Waals surface area contributed by atoms with Crippen LogP contribution in [0.2, 0.25) is 0 Å². The van der Waals surface area contributed by atoms with Crippen LogP contribution in [-0.4, -0.2) is 11.8 Å². The van der Waals surface area contributed by atoms with Gasteiger partial charge in [0.15, 0.2) is 0 Å². The Kier molecular flexibility index (Phi) is 5.61. The maximum atomic E-state index is 2.45. The maximum absolute atomic E-state index is 2.45. The standard InChI is InChI=1S/C14H29P/c1-12(10-14(2,3)4)11-15-13-8-6-5-7-9-13/h12-13,15H,5-11H2,1-4H3. The molecule has 0 aliphatic heterocycles. The van der Waals surface area contributed by atoms with Gasteiger partial charge in [0.1, 0.15) is 0 Å². The summed E-state index contributed by atoms with van der Waals surface area (Å²) < 4.78 is 0. The van der Waals surface area contributed by atoms with Crippen LogP contribution >= 0.6 is 8.58 Å². The van der Waals surface area contributed by atoms with Crippen molar-refractivity contribution >= 4 is 8.58 Å². The molecule has 0 radical (unpaired) electrons. The number of hydrogen-bond acceptors (Lipinski definition) is 0. The zero-order valence-electron chi connectivity index (χ0n) is 11.1. The second-order valence-corrected chi connectivity index (χ2v) is 8.25. The molecule has 0 aromatic heterocycles. The third-order valence-electron chi connectivity index (χ3n) is 3.32. The molecular formula is C14H29P. The van der Waals surface area contributed by atoms with E-state index in [0.29, 0.717) is 5.41 Å². The summed E-state index contributed by atoms with van der Waals surface area (Å²) >= 11 is 0. The maximum Gasteiger partial charge on any atom is -0.0237 e. The van der Waals surface area contributed by atoms with E-state index >= 15 is 0 Å². The van der Waals surface area contributed by atoms with Gasteiger partial charge in [0.25, 0.3) is 0 Å². The van der Waals surface area contributed by atoms with Gasteiger partial charge in [-0.3, -0.25) is 0 Å². The highest BCUT2D eigenvalue weighted by atomic mass is 31.1. The smallest absolute Gasteiger partial charge is 0.0237 e. The van der Waals surface area contributed by atoms with E-state index in [2.05, 4.69) is 27.7 Å². The molecule has 15 heavy (non-hydrogen) atoms. The fourth-order valence-electron chi connectivity index (χ4n) is 2.79. The second-order valence-electron chi connectivity index (χ2n) is 6.61. The van der Waals surface area contributed by atoms with Crippen molar-refractivity contribution in [3.05, 3.63) is 0 Å². The number of rotatable bonds is 4. The van der Waals surface area contributed by atoms with Crippen molar-refractivity contribution in [1.82, 2.24) is 0 Å². The summed E-state index contributed by atoms with van der Waals surface area (Å²) in [7, 11) is 1.25. The van der Waals surface area contributed by atoms with Crippen LogP contribution in [-0.2, 0) is 0 Å². The first-order valence-electron chi connectivity index (χ1n) is 6.71. The van der Waals surface area contributed by atoms with E-state index < -0.39 is 0 Å². The summed E-state index contributed by atoms with van der Waals surface area (Å²) in [6, 6.07) is 0. The SMILES string of the molecule is CC(CPC1CCCCC1)CC(C)(C)C. The van der Waals surface area contributed by atoms with E-state index in [1.54, 1.807) is 0 Å². The molecule has 90 valence electrons. The third kappa shape index (κ3) is 6.56. The Morgan fingerprint density at radius 2 is 1.73 bits per heavy atom. The Morgan fingerprint density at radius 3 is 2.27 bits per heavy atom.